The molecule has 5 N–H and O–H groups in total. The maximum Gasteiger partial charge on any atom is 0.275 e. The van der Waals surface area contributed by atoms with Gasteiger partial charge in [-0.05, 0) is 12.1 Å². The summed E-state index contributed by atoms with van der Waals surface area (Å²) in [6.07, 6.45) is 3.05. The third kappa shape index (κ3) is 1.58. The van der Waals surface area contributed by atoms with Gasteiger partial charge in [-0.3, -0.25) is 15.0 Å². The van der Waals surface area contributed by atoms with Crippen molar-refractivity contribution in [3.05, 3.63) is 36.3 Å². The molecule has 1 aromatic carbocycles. The molecule has 0 radical (unpaired) electrons. The Hall–Kier alpha value is -2.83. The van der Waals surface area contributed by atoms with E-state index in [2.05, 4.69) is 25.7 Å². The Kier molecular flexibility index (Phi) is 2.23. The maximum absolute atomic E-state index is 12.0. The average molecular weight is 242 g/mol. The maximum atomic E-state index is 12.0. The zero-order valence-corrected chi connectivity index (χ0v) is 9.27. The third-order valence-corrected chi connectivity index (χ3v) is 2.63. The lowest BCUT2D eigenvalue weighted by Gasteiger charge is -2.05. The number of nitrogens with one attached hydrogen (secondary N) is 3. The zero-order chi connectivity index (χ0) is 12.5. The molecule has 0 fully saturated rings. The van der Waals surface area contributed by atoms with Crippen LogP contribution in [0.15, 0.2) is 30.6 Å². The van der Waals surface area contributed by atoms with E-state index in [1.807, 2.05) is 12.1 Å². The second-order valence-corrected chi connectivity index (χ2v) is 3.79. The van der Waals surface area contributed by atoms with E-state index in [-0.39, 0.29) is 11.6 Å². The molecule has 0 aliphatic rings. The van der Waals surface area contributed by atoms with Crippen molar-refractivity contribution in [1.82, 2.24) is 20.4 Å². The number of nitrogens with two attached hydrogens (primary N) is 1. The molecule has 0 unspecified atom stereocenters. The van der Waals surface area contributed by atoms with E-state index in [1.54, 1.807) is 12.3 Å². The van der Waals surface area contributed by atoms with Crippen molar-refractivity contribution in [2.24, 2.45) is 0 Å². The zero-order valence-electron chi connectivity index (χ0n) is 9.27. The number of aromatic nitrogens is 4. The number of nitrogens with zero attached hydrogens (tertiary/aromatic N) is 2. The van der Waals surface area contributed by atoms with Crippen molar-refractivity contribution in [3.8, 4) is 0 Å². The van der Waals surface area contributed by atoms with Gasteiger partial charge in [0, 0.05) is 5.39 Å². The van der Waals surface area contributed by atoms with Crippen molar-refractivity contribution in [3.63, 3.8) is 0 Å². The van der Waals surface area contributed by atoms with Crippen LogP contribution in [0, 0.1) is 0 Å². The number of anilines is 2. The van der Waals surface area contributed by atoms with Gasteiger partial charge in [-0.25, -0.2) is 0 Å². The fourth-order valence-electron chi connectivity index (χ4n) is 1.74. The number of H-pyrrole nitrogens is 2. The van der Waals surface area contributed by atoms with E-state index >= 15 is 0 Å². The van der Waals surface area contributed by atoms with Gasteiger partial charge in [-0.1, -0.05) is 6.07 Å². The van der Waals surface area contributed by atoms with Crippen LogP contribution in [0.3, 0.4) is 0 Å². The molecule has 18 heavy (non-hydrogen) atoms. The monoisotopic (exact) mass is 242 g/mol. The predicted octanol–water partition coefficient (Wildman–Crippen LogP) is 1.12. The summed E-state index contributed by atoms with van der Waals surface area (Å²) in [6, 6.07) is 5.50. The highest BCUT2D eigenvalue weighted by Gasteiger charge is 2.13. The van der Waals surface area contributed by atoms with E-state index in [1.165, 1.54) is 6.20 Å². The van der Waals surface area contributed by atoms with Crippen LogP contribution in [0.1, 0.15) is 10.5 Å². The molecule has 0 saturated carbocycles. The first kappa shape index (κ1) is 10.3. The van der Waals surface area contributed by atoms with Crippen molar-refractivity contribution in [2.75, 3.05) is 11.1 Å². The van der Waals surface area contributed by atoms with Crippen molar-refractivity contribution >= 4 is 28.2 Å². The van der Waals surface area contributed by atoms with Crippen LogP contribution in [0.4, 0.5) is 11.4 Å². The Morgan fingerprint density at radius 1 is 1.22 bits per heavy atom. The fourth-order valence-corrected chi connectivity index (χ4v) is 1.74. The van der Waals surface area contributed by atoms with E-state index in [0.29, 0.717) is 11.4 Å². The second kappa shape index (κ2) is 3.88. The molecule has 0 saturated heterocycles. The normalized spacial score (nSPS) is 10.7. The SMILES string of the molecule is Nc1cn[nH]c1C(=O)Nc1cccc2[nH]ncc12. The van der Waals surface area contributed by atoms with Crippen molar-refractivity contribution in [1.29, 1.82) is 0 Å². The lowest BCUT2D eigenvalue weighted by molar-refractivity contribution is 0.102. The molecule has 1 amide bonds. The second-order valence-electron chi connectivity index (χ2n) is 3.79. The highest BCUT2D eigenvalue weighted by atomic mass is 16.2. The van der Waals surface area contributed by atoms with E-state index in [4.69, 9.17) is 5.73 Å². The number of hydrogen-bond donors (Lipinski definition) is 4. The first-order chi connectivity index (χ1) is 8.75. The van der Waals surface area contributed by atoms with E-state index in [9.17, 15) is 4.79 Å². The Morgan fingerprint density at radius 2 is 2.06 bits per heavy atom. The first-order valence-corrected chi connectivity index (χ1v) is 5.28. The molecule has 2 aromatic heterocycles. The number of carbonyl (C=O) groups excluding carboxylic acids is 1. The molecule has 0 aliphatic carbocycles. The third-order valence-electron chi connectivity index (χ3n) is 2.63. The smallest absolute Gasteiger partial charge is 0.275 e. The number of carbonyl (C=O) groups is 1. The van der Waals surface area contributed by atoms with Crippen LogP contribution in [-0.2, 0) is 0 Å². The minimum Gasteiger partial charge on any atom is -0.396 e. The van der Waals surface area contributed by atoms with Gasteiger partial charge in [0.2, 0.25) is 0 Å². The standard InChI is InChI=1S/C11H10N6O/c12-7-5-14-17-10(7)11(18)15-8-2-1-3-9-6(8)4-13-16-9/h1-5H,12H2,(H,13,16)(H,14,17)(H,15,18). The number of hydrogen-bond acceptors (Lipinski definition) is 4. The van der Waals surface area contributed by atoms with Crippen LogP contribution >= 0.6 is 0 Å². The summed E-state index contributed by atoms with van der Waals surface area (Å²) in [7, 11) is 0. The quantitative estimate of drug-likeness (QED) is 0.539. The Labute approximate surface area is 101 Å². The fraction of sp³-hybridized carbons (Fsp3) is 0. The van der Waals surface area contributed by atoms with Crippen LogP contribution in [0.2, 0.25) is 0 Å². The molecule has 2 heterocycles. The number of aromatic amines is 2. The lowest BCUT2D eigenvalue weighted by Crippen LogP contribution is -2.14. The molecule has 7 heteroatoms. The van der Waals surface area contributed by atoms with Crippen LogP contribution in [-0.4, -0.2) is 26.3 Å². The molecular formula is C11H10N6O. The van der Waals surface area contributed by atoms with Gasteiger partial charge < -0.3 is 11.1 Å². The minimum absolute atomic E-state index is 0.246. The summed E-state index contributed by atoms with van der Waals surface area (Å²) >= 11 is 0. The van der Waals surface area contributed by atoms with Crippen LogP contribution < -0.4 is 11.1 Å². The van der Waals surface area contributed by atoms with E-state index in [0.717, 1.165) is 10.9 Å². The molecule has 0 spiro atoms. The molecule has 0 aliphatic heterocycles. The average Bonchev–Trinajstić information content (AvgIpc) is 2.97. The molecule has 0 bridgehead atoms. The number of amides is 1. The number of benzene rings is 1. The predicted molar refractivity (Wildman–Crippen MR) is 67.0 cm³/mol. The van der Waals surface area contributed by atoms with E-state index < -0.39 is 0 Å². The molecule has 3 rings (SSSR count). The van der Waals surface area contributed by atoms with Gasteiger partial charge in [0.25, 0.3) is 5.91 Å². The molecule has 7 nitrogen and oxygen atoms in total. The Morgan fingerprint density at radius 3 is 2.83 bits per heavy atom. The topological polar surface area (TPSA) is 112 Å². The highest BCUT2D eigenvalue weighted by molar-refractivity contribution is 6.09. The van der Waals surface area contributed by atoms with Gasteiger partial charge in [0.05, 0.1) is 29.3 Å². The van der Waals surface area contributed by atoms with Crippen molar-refractivity contribution < 1.29 is 4.79 Å². The highest BCUT2D eigenvalue weighted by Crippen LogP contribution is 2.21. The number of fused-ring (bicyclic) bond motifs is 1. The van der Waals surface area contributed by atoms with Gasteiger partial charge in [-0.2, -0.15) is 10.2 Å². The first-order valence-electron chi connectivity index (χ1n) is 5.28. The molecule has 0 atom stereocenters. The number of rotatable bonds is 2. The van der Waals surface area contributed by atoms with Crippen LogP contribution in [0.5, 0.6) is 0 Å². The Balaban J connectivity index is 1.95. The number of nitrogen functional groups attached to an aromatic ring is 1. The van der Waals surface area contributed by atoms with Crippen LogP contribution in [0.25, 0.3) is 10.9 Å². The van der Waals surface area contributed by atoms with Gasteiger partial charge in [-0.15, -0.1) is 0 Å². The summed E-state index contributed by atoms with van der Waals surface area (Å²) in [5.41, 5.74) is 7.69. The summed E-state index contributed by atoms with van der Waals surface area (Å²) < 4.78 is 0. The molecular weight excluding hydrogens is 232 g/mol. The molecule has 90 valence electrons. The van der Waals surface area contributed by atoms with Gasteiger partial charge >= 0.3 is 0 Å². The largest absolute Gasteiger partial charge is 0.396 e. The summed E-state index contributed by atoms with van der Waals surface area (Å²) in [6.45, 7) is 0. The Bertz CT molecular complexity index is 713. The van der Waals surface area contributed by atoms with Gasteiger partial charge in [0.15, 0.2) is 0 Å². The van der Waals surface area contributed by atoms with Crippen molar-refractivity contribution in [2.45, 2.75) is 0 Å². The summed E-state index contributed by atoms with van der Waals surface area (Å²) in [4.78, 5) is 12.0. The van der Waals surface area contributed by atoms with Gasteiger partial charge in [0.1, 0.15) is 5.69 Å². The lowest BCUT2D eigenvalue weighted by atomic mass is 10.2. The summed E-state index contributed by atoms with van der Waals surface area (Å²) in [5, 5.41) is 16.6. The molecule has 3 aromatic rings. The summed E-state index contributed by atoms with van der Waals surface area (Å²) in [5.74, 6) is -0.335. The minimum atomic E-state index is -0.335.